The van der Waals surface area contributed by atoms with Crippen molar-refractivity contribution in [2.75, 3.05) is 5.73 Å². The highest BCUT2D eigenvalue weighted by Crippen LogP contribution is 2.11. The molecule has 1 rings (SSSR count). The molecule has 0 bridgehead atoms. The molecule has 1 nitrogen and oxygen atoms in total. The molecule has 0 aliphatic heterocycles. The van der Waals surface area contributed by atoms with Gasteiger partial charge in [-0.1, -0.05) is 53.7 Å². The predicted octanol–water partition coefficient (Wildman–Crippen LogP) is 4.95. The van der Waals surface area contributed by atoms with E-state index >= 15 is 0 Å². The minimum absolute atomic E-state index is 0.855. The molecule has 0 aliphatic rings. The molecule has 0 unspecified atom stereocenters. The molecule has 1 aromatic rings. The van der Waals surface area contributed by atoms with Crippen LogP contribution in [0.5, 0.6) is 0 Å². The lowest BCUT2D eigenvalue weighted by Crippen LogP contribution is -1.85. The van der Waals surface area contributed by atoms with E-state index in [0.717, 1.165) is 9.26 Å². The van der Waals surface area contributed by atoms with E-state index in [2.05, 4.69) is 22.6 Å². The lowest BCUT2D eigenvalue weighted by molar-refractivity contribution is 1.50. The molecule has 0 aliphatic carbocycles. The van der Waals surface area contributed by atoms with E-state index in [1.165, 1.54) is 0 Å². The first-order chi connectivity index (χ1) is 6.80. The van der Waals surface area contributed by atoms with Gasteiger partial charge in [-0.25, -0.2) is 0 Å². The largest absolute Gasteiger partial charge is 0.398 e. The molecular weight excluding hydrogens is 285 g/mol. The monoisotopic (exact) mass is 309 g/mol. The number of benzene rings is 1. The lowest BCUT2D eigenvalue weighted by atomic mass is 10.3. The first kappa shape index (κ1) is 19.3. The Kier molecular flexibility index (Phi) is 25.6. The number of hydrogen-bond donors (Lipinski definition) is 1. The van der Waals surface area contributed by atoms with E-state index < -0.39 is 0 Å². The second-order valence-corrected chi connectivity index (χ2v) is 2.68. The van der Waals surface area contributed by atoms with Gasteiger partial charge in [-0.05, 0) is 34.7 Å². The van der Waals surface area contributed by atoms with Gasteiger partial charge in [0.25, 0.3) is 0 Å². The van der Waals surface area contributed by atoms with Crippen LogP contribution in [0.2, 0.25) is 0 Å². The van der Waals surface area contributed by atoms with E-state index in [1.807, 2.05) is 65.8 Å². The van der Waals surface area contributed by atoms with Crippen LogP contribution in [0.1, 0.15) is 41.5 Å². The molecule has 2 heteroatoms. The highest BCUT2D eigenvalue weighted by molar-refractivity contribution is 14.1. The summed E-state index contributed by atoms with van der Waals surface area (Å²) in [5, 5.41) is 0. The third kappa shape index (κ3) is 11.8. The van der Waals surface area contributed by atoms with Gasteiger partial charge in [-0.3, -0.25) is 0 Å². The van der Waals surface area contributed by atoms with E-state index in [-0.39, 0.29) is 0 Å². The van der Waals surface area contributed by atoms with Crippen LogP contribution in [0, 0.1) is 3.57 Å². The van der Waals surface area contributed by atoms with Crippen molar-refractivity contribution in [1.82, 2.24) is 0 Å². The quantitative estimate of drug-likeness (QED) is 0.532. The van der Waals surface area contributed by atoms with Crippen LogP contribution < -0.4 is 5.73 Å². The summed E-state index contributed by atoms with van der Waals surface area (Å²) < 4.78 is 1.12. The smallest absolute Gasteiger partial charge is 0.0449 e. The second kappa shape index (κ2) is 18.5. The molecule has 0 spiro atoms. The van der Waals surface area contributed by atoms with Gasteiger partial charge in [0.15, 0.2) is 0 Å². The van der Waals surface area contributed by atoms with Crippen LogP contribution in [-0.4, -0.2) is 0 Å². The zero-order chi connectivity index (χ0) is 12.0. The summed E-state index contributed by atoms with van der Waals surface area (Å²) in [4.78, 5) is 0. The third-order valence-corrected chi connectivity index (χ3v) is 1.89. The van der Waals surface area contributed by atoms with E-state index in [1.54, 1.807) is 0 Å². The summed E-state index contributed by atoms with van der Waals surface area (Å²) >= 11 is 2.20. The highest BCUT2D eigenvalue weighted by atomic mass is 127. The number of halogens is 1. The summed E-state index contributed by atoms with van der Waals surface area (Å²) in [6, 6.07) is 7.77. The Morgan fingerprint density at radius 2 is 1.21 bits per heavy atom. The van der Waals surface area contributed by atoms with Gasteiger partial charge in [-0.15, -0.1) is 0 Å². The van der Waals surface area contributed by atoms with E-state index in [0.29, 0.717) is 0 Å². The molecule has 2 N–H and O–H groups in total. The SMILES string of the molecule is CC.CC.CC.Nc1ccccc1I. The topological polar surface area (TPSA) is 26.0 Å². The van der Waals surface area contributed by atoms with Crippen molar-refractivity contribution < 1.29 is 0 Å². The normalized spacial score (nSPS) is 6.50. The molecule has 0 saturated heterocycles. The zero-order valence-electron chi connectivity index (χ0n) is 10.3. The molecule has 0 amide bonds. The van der Waals surface area contributed by atoms with Gasteiger partial charge in [0.05, 0.1) is 0 Å². The van der Waals surface area contributed by atoms with Gasteiger partial charge in [0.2, 0.25) is 0 Å². The van der Waals surface area contributed by atoms with Crippen LogP contribution in [0.4, 0.5) is 5.69 Å². The summed E-state index contributed by atoms with van der Waals surface area (Å²) in [7, 11) is 0. The zero-order valence-corrected chi connectivity index (χ0v) is 12.4. The lowest BCUT2D eigenvalue weighted by Gasteiger charge is -1.91. The number of para-hydroxylation sites is 1. The van der Waals surface area contributed by atoms with Crippen LogP contribution in [0.25, 0.3) is 0 Å². The fourth-order valence-corrected chi connectivity index (χ4v) is 0.862. The number of anilines is 1. The minimum Gasteiger partial charge on any atom is -0.398 e. The maximum Gasteiger partial charge on any atom is 0.0449 e. The highest BCUT2D eigenvalue weighted by Gasteiger charge is 1.86. The van der Waals surface area contributed by atoms with Crippen molar-refractivity contribution in [3.63, 3.8) is 0 Å². The van der Waals surface area contributed by atoms with Crippen LogP contribution in [-0.2, 0) is 0 Å². The summed E-state index contributed by atoms with van der Waals surface area (Å²) in [6.07, 6.45) is 0. The van der Waals surface area contributed by atoms with Crippen LogP contribution in [0.3, 0.4) is 0 Å². The maximum absolute atomic E-state index is 5.51. The van der Waals surface area contributed by atoms with Crippen LogP contribution >= 0.6 is 22.6 Å². The van der Waals surface area contributed by atoms with Crippen molar-refractivity contribution in [3.05, 3.63) is 27.8 Å². The van der Waals surface area contributed by atoms with Crippen molar-refractivity contribution in [1.29, 1.82) is 0 Å². The Hall–Kier alpha value is -0.250. The molecule has 0 heterocycles. The Bertz CT molecular complexity index is 166. The van der Waals surface area contributed by atoms with E-state index in [4.69, 9.17) is 5.73 Å². The van der Waals surface area contributed by atoms with Gasteiger partial charge < -0.3 is 5.73 Å². The number of nitrogens with two attached hydrogens (primary N) is 1. The number of hydrogen-bond acceptors (Lipinski definition) is 1. The molecule has 0 aromatic heterocycles. The molecular formula is C12H24IN. The second-order valence-electron chi connectivity index (χ2n) is 1.52. The first-order valence-corrected chi connectivity index (χ1v) is 6.38. The van der Waals surface area contributed by atoms with Gasteiger partial charge >= 0.3 is 0 Å². The van der Waals surface area contributed by atoms with Crippen molar-refractivity contribution in [2.24, 2.45) is 0 Å². The Labute approximate surface area is 103 Å². The van der Waals surface area contributed by atoms with Gasteiger partial charge in [0.1, 0.15) is 0 Å². The molecule has 0 radical (unpaired) electrons. The standard InChI is InChI=1S/C6H6IN.3C2H6/c7-5-3-1-2-4-6(5)8;3*1-2/h1-4H,8H2;3*1-2H3. The van der Waals surface area contributed by atoms with Crippen molar-refractivity contribution in [2.45, 2.75) is 41.5 Å². The fraction of sp³-hybridized carbons (Fsp3) is 0.500. The Morgan fingerprint density at radius 3 is 1.43 bits per heavy atom. The van der Waals surface area contributed by atoms with Crippen molar-refractivity contribution >= 4 is 28.3 Å². The summed E-state index contributed by atoms with van der Waals surface area (Å²) in [5.41, 5.74) is 6.37. The number of nitrogen functional groups attached to an aromatic ring is 1. The molecule has 0 saturated carbocycles. The van der Waals surface area contributed by atoms with E-state index in [9.17, 15) is 0 Å². The molecule has 0 fully saturated rings. The molecule has 1 aromatic carbocycles. The van der Waals surface area contributed by atoms with Gasteiger partial charge in [0, 0.05) is 9.26 Å². The summed E-state index contributed by atoms with van der Waals surface area (Å²) in [6.45, 7) is 12.0. The molecule has 84 valence electrons. The number of rotatable bonds is 0. The average molecular weight is 309 g/mol. The maximum atomic E-state index is 5.51. The average Bonchev–Trinajstić information content (AvgIpc) is 2.31. The fourth-order valence-electron chi connectivity index (χ4n) is 0.475. The minimum atomic E-state index is 0.855. The van der Waals surface area contributed by atoms with Crippen molar-refractivity contribution in [3.8, 4) is 0 Å². The third-order valence-electron chi connectivity index (χ3n) is 0.905. The first-order valence-electron chi connectivity index (χ1n) is 5.31. The van der Waals surface area contributed by atoms with Crippen LogP contribution in [0.15, 0.2) is 24.3 Å². The summed E-state index contributed by atoms with van der Waals surface area (Å²) in [5.74, 6) is 0. The van der Waals surface area contributed by atoms with Gasteiger partial charge in [-0.2, -0.15) is 0 Å². The Morgan fingerprint density at radius 1 is 0.857 bits per heavy atom. The predicted molar refractivity (Wildman–Crippen MR) is 77.6 cm³/mol. The molecule has 0 atom stereocenters. The Balaban J connectivity index is -0.000000174. The molecule has 14 heavy (non-hydrogen) atoms.